The molecule has 2 saturated carbocycles. The summed E-state index contributed by atoms with van der Waals surface area (Å²) in [5, 5.41) is 0. The molecule has 0 amide bonds. The van der Waals surface area contributed by atoms with Gasteiger partial charge in [-0.15, -0.1) is 0 Å². The van der Waals surface area contributed by atoms with Gasteiger partial charge in [0.25, 0.3) is 0 Å². The van der Waals surface area contributed by atoms with Gasteiger partial charge in [0.05, 0.1) is 29.3 Å². The van der Waals surface area contributed by atoms with Gasteiger partial charge in [0.1, 0.15) is 12.2 Å². The Morgan fingerprint density at radius 2 is 1.39 bits per heavy atom. The number of ether oxygens (including phenoxy) is 6. The van der Waals surface area contributed by atoms with E-state index in [0.717, 1.165) is 27.7 Å². The van der Waals surface area contributed by atoms with Crippen molar-refractivity contribution in [2.75, 3.05) is 0 Å². The number of pyridine rings is 1. The minimum absolute atomic E-state index is 0.00519. The van der Waals surface area contributed by atoms with Crippen LogP contribution in [0.15, 0.2) is 67.0 Å². The fourth-order valence-electron chi connectivity index (χ4n) is 8.16. The summed E-state index contributed by atoms with van der Waals surface area (Å²) in [5.74, 6) is -9.18. The highest BCUT2D eigenvalue weighted by Gasteiger charge is 2.69. The molecule has 11 atom stereocenters. The van der Waals surface area contributed by atoms with E-state index in [4.69, 9.17) is 38.2 Å². The lowest BCUT2D eigenvalue weighted by Crippen LogP contribution is -2.60. The van der Waals surface area contributed by atoms with E-state index in [1.165, 1.54) is 36.7 Å². The molecule has 1 aromatic carbocycles. The molecule has 0 N–H and O–H groups in total. The van der Waals surface area contributed by atoms with Crippen LogP contribution < -0.4 is 0 Å². The minimum Gasteiger partial charge on any atom is -0.462 e. The van der Waals surface area contributed by atoms with Gasteiger partial charge in [-0.3, -0.25) is 33.8 Å². The topological polar surface area (TPSA) is 210 Å². The van der Waals surface area contributed by atoms with Crippen molar-refractivity contribution in [3.63, 3.8) is 0 Å². The van der Waals surface area contributed by atoms with Crippen LogP contribution >= 0.6 is 0 Å². The molecule has 2 aromatic rings. The Balaban J connectivity index is 1.78. The highest BCUT2D eigenvalue weighted by Crippen LogP contribution is 2.54. The molecule has 16 heteroatoms. The number of hydrogen-bond acceptors (Lipinski definition) is 16. The third-order valence-corrected chi connectivity index (χ3v) is 10.6. The number of Topliss-reactive ketones (excluding diaryl/α,β-unsaturated/α-hetero) is 1. The summed E-state index contributed by atoms with van der Waals surface area (Å²) in [7, 11) is 0. The second kappa shape index (κ2) is 16.9. The van der Waals surface area contributed by atoms with Crippen LogP contribution in [-0.2, 0) is 62.2 Å². The van der Waals surface area contributed by atoms with E-state index in [1.54, 1.807) is 45.9 Å². The standard InChI is InChI=1S/C41H47NO15/c1-20-18-41(55-26(7)46)29(30(20)50-23(4)43)31(51-24(5)44)21(2)32(52-25(6)45)34(54-38(48)27-14-11-10-12-15-27)37(56-57-39(49)28-16-13-17-42-19-28)40(8,9)36-33(53-36)22(3)35(41)47/h10-17,19-20,22,29-34,36-37H,2,18H2,1,3-9H3/t20-,22-,29-,30+,31+,32+,33+,34-,36-,37-,41+/m1/s1. The van der Waals surface area contributed by atoms with Gasteiger partial charge in [-0.1, -0.05) is 52.5 Å². The van der Waals surface area contributed by atoms with Crippen molar-refractivity contribution in [2.24, 2.45) is 23.2 Å². The number of carbonyl (C=O) groups is 7. The molecule has 0 bridgehead atoms. The molecular formula is C41H47NO15. The Morgan fingerprint density at radius 1 is 0.772 bits per heavy atom. The first kappa shape index (κ1) is 42.7. The van der Waals surface area contributed by atoms with Crippen LogP contribution in [0.1, 0.15) is 82.5 Å². The zero-order valence-electron chi connectivity index (χ0n) is 33.0. The van der Waals surface area contributed by atoms with Crippen LogP contribution in [0.25, 0.3) is 0 Å². The molecule has 3 aliphatic rings. The average Bonchev–Trinajstić information content (AvgIpc) is 3.92. The number of hydrogen-bond donors (Lipinski definition) is 0. The summed E-state index contributed by atoms with van der Waals surface area (Å²) >= 11 is 0. The molecule has 0 radical (unpaired) electrons. The number of carbonyl (C=O) groups excluding carboxylic acids is 7. The van der Waals surface area contributed by atoms with Gasteiger partial charge in [-0.05, 0) is 30.2 Å². The number of aromatic nitrogens is 1. The monoisotopic (exact) mass is 793 g/mol. The van der Waals surface area contributed by atoms with E-state index in [1.807, 2.05) is 0 Å². The van der Waals surface area contributed by atoms with Crippen molar-refractivity contribution in [3.05, 3.63) is 78.1 Å². The Hall–Kier alpha value is -5.48. The zero-order chi connectivity index (χ0) is 42.0. The molecule has 1 aromatic heterocycles. The van der Waals surface area contributed by atoms with Crippen molar-refractivity contribution in [3.8, 4) is 0 Å². The number of benzene rings is 1. The third kappa shape index (κ3) is 8.91. The predicted molar refractivity (Wildman–Crippen MR) is 194 cm³/mol. The number of nitrogens with zero attached hydrogens (tertiary/aromatic N) is 1. The quantitative estimate of drug-likeness (QED) is 0.0874. The van der Waals surface area contributed by atoms with Gasteiger partial charge in [-0.2, -0.15) is 4.89 Å². The van der Waals surface area contributed by atoms with Crippen LogP contribution in [0.4, 0.5) is 0 Å². The van der Waals surface area contributed by atoms with Crippen molar-refractivity contribution >= 4 is 41.6 Å². The van der Waals surface area contributed by atoms with E-state index in [-0.39, 0.29) is 23.1 Å². The predicted octanol–water partition coefficient (Wildman–Crippen LogP) is 4.09. The molecule has 5 rings (SSSR count). The average molecular weight is 794 g/mol. The second-order valence-corrected chi connectivity index (χ2v) is 15.3. The molecule has 0 spiro atoms. The Labute approximate surface area is 329 Å². The highest BCUT2D eigenvalue weighted by atomic mass is 17.2. The molecular weight excluding hydrogens is 746 g/mol. The first-order valence-corrected chi connectivity index (χ1v) is 18.4. The molecule has 2 heterocycles. The lowest BCUT2D eigenvalue weighted by atomic mass is 9.70. The lowest BCUT2D eigenvalue weighted by molar-refractivity contribution is -0.321. The third-order valence-electron chi connectivity index (χ3n) is 10.6. The summed E-state index contributed by atoms with van der Waals surface area (Å²) < 4.78 is 36.0. The highest BCUT2D eigenvalue weighted by molar-refractivity contribution is 5.93. The molecule has 306 valence electrons. The number of epoxide rings is 1. The van der Waals surface area contributed by atoms with Gasteiger partial charge < -0.3 is 28.4 Å². The molecule has 1 saturated heterocycles. The minimum atomic E-state index is -2.11. The number of rotatable bonds is 9. The SMILES string of the molecule is C=C1[C@H](OC(C)=O)[C@@H](OC(=O)c2ccccc2)[C@@H](OOC(=O)c2cccnc2)C(C)(C)[C@@H]2O[C@H]2[C@@H](C)C(=O)[C@]2(OC(C)=O)C[C@@H](C)[C@H](OC(C)=O)[C@@H]2[C@H]1OC(C)=O. The normalized spacial score (nSPS) is 31.8. The number of fused-ring (bicyclic) bond motifs is 2. The van der Waals surface area contributed by atoms with Crippen molar-refractivity contribution in [1.82, 2.24) is 4.98 Å². The molecule has 1 aliphatic heterocycles. The first-order chi connectivity index (χ1) is 26.8. The summed E-state index contributed by atoms with van der Waals surface area (Å²) in [5.41, 5.74) is -3.69. The van der Waals surface area contributed by atoms with E-state index in [2.05, 4.69) is 11.6 Å². The van der Waals surface area contributed by atoms with E-state index < -0.39 is 113 Å². The van der Waals surface area contributed by atoms with Crippen LogP contribution in [0.2, 0.25) is 0 Å². The van der Waals surface area contributed by atoms with E-state index in [0.29, 0.717) is 0 Å². The van der Waals surface area contributed by atoms with Gasteiger partial charge >= 0.3 is 35.8 Å². The van der Waals surface area contributed by atoms with Gasteiger partial charge in [0.15, 0.2) is 29.7 Å². The Morgan fingerprint density at radius 3 is 1.96 bits per heavy atom. The number of esters is 5. The molecule has 57 heavy (non-hydrogen) atoms. The van der Waals surface area contributed by atoms with E-state index in [9.17, 15) is 28.8 Å². The van der Waals surface area contributed by atoms with Gasteiger partial charge in [-0.25, -0.2) is 9.59 Å². The largest absolute Gasteiger partial charge is 0.462 e. The summed E-state index contributed by atoms with van der Waals surface area (Å²) in [4.78, 5) is 109. The van der Waals surface area contributed by atoms with Crippen LogP contribution in [0.3, 0.4) is 0 Å². The summed E-state index contributed by atoms with van der Waals surface area (Å²) in [6, 6.07) is 10.7. The maximum atomic E-state index is 15.0. The number of ketones is 1. The van der Waals surface area contributed by atoms with Crippen molar-refractivity contribution < 1.29 is 71.8 Å². The second-order valence-electron chi connectivity index (χ2n) is 15.3. The lowest BCUT2D eigenvalue weighted by Gasteiger charge is -2.44. The van der Waals surface area contributed by atoms with Crippen LogP contribution in [0.5, 0.6) is 0 Å². The van der Waals surface area contributed by atoms with Crippen molar-refractivity contribution in [2.45, 2.75) is 110 Å². The molecule has 16 nitrogen and oxygen atoms in total. The first-order valence-electron chi connectivity index (χ1n) is 18.4. The van der Waals surface area contributed by atoms with Gasteiger partial charge in [0.2, 0.25) is 0 Å². The Bertz CT molecular complexity index is 1900. The summed E-state index contributed by atoms with van der Waals surface area (Å²) in [6.45, 7) is 15.1. The van der Waals surface area contributed by atoms with Gasteiger partial charge in [0, 0.05) is 63.4 Å². The zero-order valence-corrected chi connectivity index (χ0v) is 33.0. The fraction of sp³-hybridized carbons (Fsp3) is 0.512. The van der Waals surface area contributed by atoms with Crippen LogP contribution in [0, 0.1) is 23.2 Å². The smallest absolute Gasteiger partial charge is 0.374 e. The Kier molecular flexibility index (Phi) is 12.7. The maximum Gasteiger partial charge on any atom is 0.374 e. The van der Waals surface area contributed by atoms with Crippen molar-refractivity contribution in [1.29, 1.82) is 0 Å². The van der Waals surface area contributed by atoms with Crippen LogP contribution in [-0.4, -0.2) is 94.9 Å². The van der Waals surface area contributed by atoms with E-state index >= 15 is 4.79 Å². The summed E-state index contributed by atoms with van der Waals surface area (Å²) in [6.07, 6.45) is -7.40. The molecule has 0 unspecified atom stereocenters. The maximum absolute atomic E-state index is 15.0. The molecule has 3 fully saturated rings. The fourth-order valence-corrected chi connectivity index (χ4v) is 8.16. The molecule has 2 aliphatic carbocycles.